The summed E-state index contributed by atoms with van der Waals surface area (Å²) < 4.78 is 35.6. The van der Waals surface area contributed by atoms with Crippen molar-refractivity contribution in [2.75, 3.05) is 11.9 Å². The highest BCUT2D eigenvalue weighted by molar-refractivity contribution is 7.89. The molecule has 0 aliphatic carbocycles. The first-order chi connectivity index (χ1) is 7.65. The van der Waals surface area contributed by atoms with Crippen LogP contribution in [-0.2, 0) is 10.0 Å². The predicted octanol–water partition coefficient (Wildman–Crippen LogP) is 0.656. The predicted molar refractivity (Wildman–Crippen MR) is 62.6 cm³/mol. The number of rotatable bonds is 4. The van der Waals surface area contributed by atoms with Gasteiger partial charge in [-0.3, -0.25) is 0 Å². The lowest BCUT2D eigenvalue weighted by atomic mass is 10.1. The SMILES string of the molecule is CC(C)(CO)Nc1ccc(S(N)(=O)=O)cc1F. The van der Waals surface area contributed by atoms with E-state index in [9.17, 15) is 12.8 Å². The van der Waals surface area contributed by atoms with Crippen LogP contribution in [0, 0.1) is 5.82 Å². The van der Waals surface area contributed by atoms with Gasteiger partial charge in [0, 0.05) is 0 Å². The number of benzene rings is 1. The van der Waals surface area contributed by atoms with E-state index in [-0.39, 0.29) is 17.2 Å². The standard InChI is InChI=1S/C10H15FN2O3S/c1-10(2,6-14)13-9-4-3-7(5-8(9)11)17(12,15)16/h3-5,13-14H,6H2,1-2H3,(H2,12,15,16). The van der Waals surface area contributed by atoms with E-state index in [4.69, 9.17) is 10.2 Å². The van der Waals surface area contributed by atoms with Crippen LogP contribution in [-0.4, -0.2) is 25.7 Å². The molecule has 4 N–H and O–H groups in total. The van der Waals surface area contributed by atoms with Crippen LogP contribution in [0.1, 0.15) is 13.8 Å². The number of aliphatic hydroxyl groups is 1. The van der Waals surface area contributed by atoms with E-state index in [1.165, 1.54) is 12.1 Å². The summed E-state index contributed by atoms with van der Waals surface area (Å²) in [5, 5.41) is 16.7. The fourth-order valence-electron chi connectivity index (χ4n) is 1.18. The second-order valence-electron chi connectivity index (χ2n) is 4.35. The maximum absolute atomic E-state index is 13.6. The molecule has 0 saturated carbocycles. The molecular weight excluding hydrogens is 247 g/mol. The Kier molecular flexibility index (Phi) is 3.75. The number of aliphatic hydroxyl groups excluding tert-OH is 1. The zero-order valence-electron chi connectivity index (χ0n) is 9.57. The van der Waals surface area contributed by atoms with Crippen molar-refractivity contribution < 1.29 is 17.9 Å². The van der Waals surface area contributed by atoms with Crippen LogP contribution in [0.15, 0.2) is 23.1 Å². The summed E-state index contributed by atoms with van der Waals surface area (Å²) in [4.78, 5) is -0.289. The lowest BCUT2D eigenvalue weighted by Crippen LogP contribution is -2.35. The first kappa shape index (κ1) is 13.9. The number of primary sulfonamides is 1. The van der Waals surface area contributed by atoms with Gasteiger partial charge in [0.2, 0.25) is 10.0 Å². The molecule has 0 saturated heterocycles. The van der Waals surface area contributed by atoms with Gasteiger partial charge in [0.15, 0.2) is 0 Å². The second kappa shape index (κ2) is 4.59. The maximum Gasteiger partial charge on any atom is 0.238 e. The highest BCUT2D eigenvalue weighted by atomic mass is 32.2. The Hall–Kier alpha value is -1.18. The molecule has 17 heavy (non-hydrogen) atoms. The molecule has 0 fully saturated rings. The van der Waals surface area contributed by atoms with Gasteiger partial charge in [0.25, 0.3) is 0 Å². The van der Waals surface area contributed by atoms with Gasteiger partial charge in [-0.05, 0) is 32.0 Å². The lowest BCUT2D eigenvalue weighted by molar-refractivity contribution is 0.234. The lowest BCUT2D eigenvalue weighted by Gasteiger charge is -2.25. The van der Waals surface area contributed by atoms with Crippen molar-refractivity contribution in [2.45, 2.75) is 24.3 Å². The van der Waals surface area contributed by atoms with Crippen molar-refractivity contribution in [3.8, 4) is 0 Å². The van der Waals surface area contributed by atoms with Crippen molar-refractivity contribution in [1.82, 2.24) is 0 Å². The van der Waals surface area contributed by atoms with E-state index in [0.717, 1.165) is 6.07 Å². The number of anilines is 1. The number of nitrogens with one attached hydrogen (secondary N) is 1. The number of hydrogen-bond donors (Lipinski definition) is 3. The largest absolute Gasteiger partial charge is 0.394 e. The van der Waals surface area contributed by atoms with E-state index in [1.807, 2.05) is 0 Å². The van der Waals surface area contributed by atoms with Gasteiger partial charge in [-0.25, -0.2) is 17.9 Å². The van der Waals surface area contributed by atoms with Gasteiger partial charge in [0.1, 0.15) is 5.82 Å². The fourth-order valence-corrected chi connectivity index (χ4v) is 1.70. The Morgan fingerprint density at radius 3 is 2.47 bits per heavy atom. The average molecular weight is 262 g/mol. The van der Waals surface area contributed by atoms with Crippen LogP contribution in [0.5, 0.6) is 0 Å². The Bertz CT molecular complexity index is 514. The topological polar surface area (TPSA) is 92.4 Å². The van der Waals surface area contributed by atoms with Gasteiger partial charge in [-0.1, -0.05) is 0 Å². The normalized spacial score (nSPS) is 12.5. The minimum Gasteiger partial charge on any atom is -0.394 e. The Labute approximate surface area is 99.5 Å². The van der Waals surface area contributed by atoms with E-state index < -0.39 is 21.4 Å². The Balaban J connectivity index is 3.07. The van der Waals surface area contributed by atoms with Crippen LogP contribution < -0.4 is 10.5 Å². The Morgan fingerprint density at radius 2 is 2.06 bits per heavy atom. The number of nitrogens with two attached hydrogens (primary N) is 1. The fraction of sp³-hybridized carbons (Fsp3) is 0.400. The van der Waals surface area contributed by atoms with Crippen molar-refractivity contribution >= 4 is 15.7 Å². The molecule has 0 bridgehead atoms. The van der Waals surface area contributed by atoms with Crippen molar-refractivity contribution in [3.63, 3.8) is 0 Å². The smallest absolute Gasteiger partial charge is 0.238 e. The first-order valence-corrected chi connectivity index (χ1v) is 6.42. The molecule has 1 aromatic carbocycles. The molecule has 7 heteroatoms. The molecule has 0 amide bonds. The highest BCUT2D eigenvalue weighted by Crippen LogP contribution is 2.21. The van der Waals surface area contributed by atoms with Crippen molar-refractivity contribution in [1.29, 1.82) is 0 Å². The molecular formula is C10H15FN2O3S. The van der Waals surface area contributed by atoms with Crippen LogP contribution in [0.25, 0.3) is 0 Å². The molecule has 0 radical (unpaired) electrons. The van der Waals surface area contributed by atoms with Crippen molar-refractivity contribution in [2.24, 2.45) is 5.14 Å². The third-order valence-corrected chi connectivity index (χ3v) is 3.05. The van der Waals surface area contributed by atoms with E-state index >= 15 is 0 Å². The van der Waals surface area contributed by atoms with E-state index in [1.54, 1.807) is 13.8 Å². The monoisotopic (exact) mass is 262 g/mol. The third-order valence-electron chi connectivity index (χ3n) is 2.14. The summed E-state index contributed by atoms with van der Waals surface area (Å²) in [6, 6.07) is 3.31. The summed E-state index contributed by atoms with van der Waals surface area (Å²) >= 11 is 0. The molecule has 5 nitrogen and oxygen atoms in total. The van der Waals surface area contributed by atoms with Crippen LogP contribution in [0.3, 0.4) is 0 Å². The van der Waals surface area contributed by atoms with Crippen LogP contribution >= 0.6 is 0 Å². The molecule has 0 heterocycles. The molecule has 0 unspecified atom stereocenters. The van der Waals surface area contributed by atoms with Gasteiger partial charge in [0.05, 0.1) is 22.7 Å². The maximum atomic E-state index is 13.6. The van der Waals surface area contributed by atoms with Gasteiger partial charge >= 0.3 is 0 Å². The molecule has 0 aromatic heterocycles. The Morgan fingerprint density at radius 1 is 1.47 bits per heavy atom. The van der Waals surface area contributed by atoms with Crippen molar-refractivity contribution in [3.05, 3.63) is 24.0 Å². The highest BCUT2D eigenvalue weighted by Gasteiger charge is 2.19. The zero-order chi connectivity index (χ0) is 13.3. The minimum atomic E-state index is -3.91. The minimum absolute atomic E-state index is 0.108. The number of hydrogen-bond acceptors (Lipinski definition) is 4. The zero-order valence-corrected chi connectivity index (χ0v) is 10.4. The molecule has 1 aromatic rings. The summed E-state index contributed by atoms with van der Waals surface area (Å²) in [6.07, 6.45) is 0. The number of sulfonamides is 1. The summed E-state index contributed by atoms with van der Waals surface area (Å²) in [7, 11) is -3.91. The summed E-state index contributed by atoms with van der Waals surface area (Å²) in [5.41, 5.74) is -0.597. The summed E-state index contributed by atoms with van der Waals surface area (Å²) in [6.45, 7) is 3.17. The molecule has 0 aliphatic rings. The third kappa shape index (κ3) is 3.65. The molecule has 96 valence electrons. The van der Waals surface area contributed by atoms with Crippen LogP contribution in [0.2, 0.25) is 0 Å². The molecule has 0 spiro atoms. The summed E-state index contributed by atoms with van der Waals surface area (Å²) in [5.74, 6) is -0.738. The first-order valence-electron chi connectivity index (χ1n) is 4.87. The van der Waals surface area contributed by atoms with Gasteiger partial charge < -0.3 is 10.4 Å². The number of halogens is 1. The van der Waals surface area contributed by atoms with Gasteiger partial charge in [-0.2, -0.15) is 0 Å². The second-order valence-corrected chi connectivity index (χ2v) is 5.92. The molecule has 0 atom stereocenters. The molecule has 0 aliphatic heterocycles. The average Bonchev–Trinajstić information content (AvgIpc) is 2.19. The van der Waals surface area contributed by atoms with E-state index in [2.05, 4.69) is 5.32 Å². The van der Waals surface area contributed by atoms with Crippen LogP contribution in [0.4, 0.5) is 10.1 Å². The van der Waals surface area contributed by atoms with E-state index in [0.29, 0.717) is 0 Å². The van der Waals surface area contributed by atoms with Gasteiger partial charge in [-0.15, -0.1) is 0 Å². The quantitative estimate of drug-likeness (QED) is 0.743. The molecule has 1 rings (SSSR count).